The van der Waals surface area contributed by atoms with Gasteiger partial charge < -0.3 is 9.13 Å². The van der Waals surface area contributed by atoms with Gasteiger partial charge >= 0.3 is 6.18 Å². The first-order chi connectivity index (χ1) is 32.9. The van der Waals surface area contributed by atoms with Crippen LogP contribution in [0.2, 0.25) is 0 Å². The molecule has 68 heavy (non-hydrogen) atoms. The van der Waals surface area contributed by atoms with Gasteiger partial charge in [0.25, 0.3) is 0 Å². The molecule has 0 N–H and O–H groups in total. The molecule has 0 bridgehead atoms. The summed E-state index contributed by atoms with van der Waals surface area (Å²) in [7, 11) is 0. The molecule has 0 aliphatic carbocycles. The van der Waals surface area contributed by atoms with Crippen LogP contribution in [0.25, 0.3) is 109 Å². The van der Waals surface area contributed by atoms with Gasteiger partial charge in [-0.1, -0.05) is 126 Å². The van der Waals surface area contributed by atoms with Crippen LogP contribution in [0.4, 0.5) is 24.5 Å². The van der Waals surface area contributed by atoms with E-state index in [1.165, 1.54) is 28.3 Å². The van der Waals surface area contributed by atoms with Gasteiger partial charge in [0.15, 0.2) is 11.4 Å². The zero-order valence-corrected chi connectivity index (χ0v) is 37.7. The van der Waals surface area contributed by atoms with Crippen molar-refractivity contribution in [1.29, 1.82) is 0 Å². The molecule has 4 nitrogen and oxygen atoms in total. The molecule has 9 aromatic carbocycles. The molecule has 0 amide bonds. The van der Waals surface area contributed by atoms with Crippen molar-refractivity contribution >= 4 is 55.0 Å². The fraction of sp³-hybridized carbons (Fsp3) is 0.0820. The van der Waals surface area contributed by atoms with Crippen LogP contribution in [0.3, 0.4) is 0 Å². The third-order valence-corrected chi connectivity index (χ3v) is 13.4. The van der Waals surface area contributed by atoms with Crippen molar-refractivity contribution in [3.63, 3.8) is 0 Å². The number of halogens is 3. The highest BCUT2D eigenvalue weighted by Gasteiger charge is 2.31. The standard InChI is InChI=1S/C61H41F3N4/c1-36-18-24-44(38(3)30-36)40-20-27-56-49(32-40)47-12-7-9-15-54(47)67(56)58-29-22-42(46-26-23-43(61(62,63)64)35-53(46)66-6)34-51(58)60-52(65-5)14-11-17-59(60)68-55-16-10-8-13-48(55)50-33-41(21-28-57(50)68)45-25-19-37(2)31-39(45)4/h7-35H,1-4H3. The molecule has 0 aliphatic heterocycles. The highest BCUT2D eigenvalue weighted by atomic mass is 19.4. The fourth-order valence-corrected chi connectivity index (χ4v) is 10.3. The minimum atomic E-state index is -4.62. The number of hydrogen-bond donors (Lipinski definition) is 0. The van der Waals surface area contributed by atoms with Crippen molar-refractivity contribution in [2.24, 2.45) is 0 Å². The largest absolute Gasteiger partial charge is 0.415 e. The Bertz CT molecular complexity index is 3980. The minimum absolute atomic E-state index is 0.116. The zero-order valence-electron chi connectivity index (χ0n) is 37.7. The summed E-state index contributed by atoms with van der Waals surface area (Å²) < 4.78 is 46.6. The fourth-order valence-electron chi connectivity index (χ4n) is 10.3. The van der Waals surface area contributed by atoms with E-state index in [9.17, 15) is 13.2 Å². The summed E-state index contributed by atoms with van der Waals surface area (Å²) in [6, 6.07) is 57.5. The molecule has 0 unspecified atom stereocenters. The molecule has 0 fully saturated rings. The Balaban J connectivity index is 1.22. The molecule has 0 atom stereocenters. The van der Waals surface area contributed by atoms with Crippen LogP contribution in [0.1, 0.15) is 27.8 Å². The van der Waals surface area contributed by atoms with E-state index in [1.807, 2.05) is 60.7 Å². The van der Waals surface area contributed by atoms with E-state index in [4.69, 9.17) is 13.1 Å². The predicted octanol–water partition coefficient (Wildman–Crippen LogP) is 17.9. The Labute approximate surface area is 392 Å². The van der Waals surface area contributed by atoms with E-state index in [0.29, 0.717) is 27.9 Å². The molecule has 2 heterocycles. The number of alkyl halides is 3. The van der Waals surface area contributed by atoms with E-state index >= 15 is 0 Å². The Morgan fingerprint density at radius 1 is 0.397 bits per heavy atom. The smallest absolute Gasteiger partial charge is 0.310 e. The van der Waals surface area contributed by atoms with E-state index in [2.05, 4.69) is 144 Å². The Morgan fingerprint density at radius 3 is 1.44 bits per heavy atom. The first-order valence-corrected chi connectivity index (χ1v) is 22.4. The van der Waals surface area contributed by atoms with Crippen LogP contribution in [0, 0.1) is 40.8 Å². The Kier molecular flexibility index (Phi) is 9.92. The average Bonchev–Trinajstić information content (AvgIpc) is 3.85. The molecule has 11 aromatic rings. The van der Waals surface area contributed by atoms with Crippen LogP contribution in [0.5, 0.6) is 0 Å². The molecule has 11 rings (SSSR count). The lowest BCUT2D eigenvalue weighted by molar-refractivity contribution is -0.137. The quantitative estimate of drug-likeness (QED) is 0.148. The normalized spacial score (nSPS) is 11.7. The monoisotopic (exact) mass is 886 g/mol. The van der Waals surface area contributed by atoms with E-state index in [-0.39, 0.29) is 5.69 Å². The molecular formula is C61H41F3N4. The van der Waals surface area contributed by atoms with Crippen LogP contribution < -0.4 is 0 Å². The number of aryl methyl sites for hydroxylation is 4. The second kappa shape index (κ2) is 16.0. The molecule has 0 aliphatic rings. The molecule has 0 radical (unpaired) electrons. The SMILES string of the molecule is [C-]#[N+]c1cc(C(F)(F)F)ccc1-c1ccc(-n2c3ccccc3c3cc(-c4ccc(C)cc4C)ccc32)c(-c2c([N+]#[C-])cccc2-n2c3ccccc3c3cc(-c4ccc(C)cc4C)ccc32)c1. The van der Waals surface area contributed by atoms with Crippen LogP contribution >= 0.6 is 0 Å². The number of hydrogen-bond acceptors (Lipinski definition) is 0. The van der Waals surface area contributed by atoms with Crippen molar-refractivity contribution < 1.29 is 13.2 Å². The van der Waals surface area contributed by atoms with Crippen molar-refractivity contribution in [2.45, 2.75) is 33.9 Å². The van der Waals surface area contributed by atoms with E-state index in [0.717, 1.165) is 89.4 Å². The predicted molar refractivity (Wildman–Crippen MR) is 273 cm³/mol. The lowest BCUT2D eigenvalue weighted by Gasteiger charge is -2.21. The van der Waals surface area contributed by atoms with Gasteiger partial charge in [-0.05, 0) is 138 Å². The van der Waals surface area contributed by atoms with Gasteiger partial charge in [-0.3, -0.25) is 0 Å². The number of rotatable bonds is 6. The summed E-state index contributed by atoms with van der Waals surface area (Å²) in [5.74, 6) is 0. The summed E-state index contributed by atoms with van der Waals surface area (Å²) in [5, 5.41) is 4.20. The molecule has 0 spiro atoms. The van der Waals surface area contributed by atoms with Crippen molar-refractivity contribution in [3.8, 4) is 55.9 Å². The number of fused-ring (bicyclic) bond motifs is 6. The highest BCUT2D eigenvalue weighted by molar-refractivity contribution is 6.13. The minimum Gasteiger partial charge on any atom is -0.310 e. The number of benzene rings is 9. The maximum atomic E-state index is 14.0. The average molecular weight is 887 g/mol. The first kappa shape index (κ1) is 42.0. The molecular weight excluding hydrogens is 846 g/mol. The van der Waals surface area contributed by atoms with Gasteiger partial charge in [0.1, 0.15) is 0 Å². The Morgan fingerprint density at radius 2 is 0.897 bits per heavy atom. The molecule has 7 heteroatoms. The third-order valence-electron chi connectivity index (χ3n) is 13.4. The van der Waals surface area contributed by atoms with Crippen LogP contribution in [0.15, 0.2) is 176 Å². The molecule has 2 aromatic heterocycles. The van der Waals surface area contributed by atoms with Gasteiger partial charge in [0, 0.05) is 38.4 Å². The van der Waals surface area contributed by atoms with Gasteiger partial charge in [0.2, 0.25) is 0 Å². The van der Waals surface area contributed by atoms with Gasteiger partial charge in [0.05, 0.1) is 40.9 Å². The molecule has 0 saturated heterocycles. The van der Waals surface area contributed by atoms with Gasteiger partial charge in [-0.25, -0.2) is 9.69 Å². The molecule has 0 saturated carbocycles. The number of aromatic nitrogens is 2. The first-order valence-electron chi connectivity index (χ1n) is 22.4. The number of para-hydroxylation sites is 2. The summed E-state index contributed by atoms with van der Waals surface area (Å²) >= 11 is 0. The van der Waals surface area contributed by atoms with Crippen molar-refractivity contribution in [1.82, 2.24) is 9.13 Å². The topological polar surface area (TPSA) is 18.6 Å². The maximum Gasteiger partial charge on any atom is 0.415 e. The summed E-state index contributed by atoms with van der Waals surface area (Å²) in [6.07, 6.45) is -4.62. The maximum absolute atomic E-state index is 14.0. The third kappa shape index (κ3) is 6.82. The van der Waals surface area contributed by atoms with Crippen molar-refractivity contribution in [2.75, 3.05) is 0 Å². The van der Waals surface area contributed by atoms with E-state index < -0.39 is 11.7 Å². The number of nitrogens with zero attached hydrogens (tertiary/aromatic N) is 4. The van der Waals surface area contributed by atoms with Gasteiger partial charge in [-0.2, -0.15) is 13.2 Å². The summed E-state index contributed by atoms with van der Waals surface area (Å²) in [5.41, 5.74) is 16.2. The summed E-state index contributed by atoms with van der Waals surface area (Å²) in [6.45, 7) is 25.2. The molecule has 326 valence electrons. The Hall–Kier alpha value is -8.65. The van der Waals surface area contributed by atoms with Crippen LogP contribution in [-0.4, -0.2) is 9.13 Å². The lowest BCUT2D eigenvalue weighted by atomic mass is 9.93. The highest BCUT2D eigenvalue weighted by Crippen LogP contribution is 2.48. The van der Waals surface area contributed by atoms with E-state index in [1.54, 1.807) is 0 Å². The van der Waals surface area contributed by atoms with Crippen LogP contribution in [-0.2, 0) is 6.18 Å². The second-order valence-corrected chi connectivity index (χ2v) is 17.7. The lowest BCUT2D eigenvalue weighted by Crippen LogP contribution is -2.04. The van der Waals surface area contributed by atoms with Gasteiger partial charge in [-0.15, -0.1) is 0 Å². The second-order valence-electron chi connectivity index (χ2n) is 17.7. The van der Waals surface area contributed by atoms with Crippen molar-refractivity contribution in [3.05, 3.63) is 227 Å². The summed E-state index contributed by atoms with van der Waals surface area (Å²) in [4.78, 5) is 7.80. The zero-order chi connectivity index (χ0) is 47.0.